The molecule has 8 heteroatoms. The SMILES string of the molecule is NCCC(C(CCCNCCCO)NCCCO)N(CCCO)CCCO. The van der Waals surface area contributed by atoms with E-state index in [2.05, 4.69) is 15.5 Å². The molecular weight excluding hydrogens is 348 g/mol. The highest BCUT2D eigenvalue weighted by atomic mass is 16.3. The molecule has 0 saturated carbocycles. The number of hydrogen-bond donors (Lipinski definition) is 7. The van der Waals surface area contributed by atoms with Crippen molar-refractivity contribution in [2.75, 3.05) is 65.7 Å². The first-order valence-electron chi connectivity index (χ1n) is 10.6. The van der Waals surface area contributed by atoms with Crippen molar-refractivity contribution in [2.45, 2.75) is 57.0 Å². The molecule has 8 nitrogen and oxygen atoms in total. The number of nitrogens with two attached hydrogens (primary N) is 1. The first-order valence-corrected chi connectivity index (χ1v) is 10.6. The van der Waals surface area contributed by atoms with Crippen molar-refractivity contribution >= 4 is 0 Å². The Balaban J connectivity index is 4.84. The lowest BCUT2D eigenvalue weighted by Gasteiger charge is -2.38. The molecule has 0 aliphatic rings. The lowest BCUT2D eigenvalue weighted by Crippen LogP contribution is -2.52. The van der Waals surface area contributed by atoms with E-state index < -0.39 is 0 Å². The third-order valence-electron chi connectivity index (χ3n) is 4.72. The fourth-order valence-electron chi connectivity index (χ4n) is 3.37. The van der Waals surface area contributed by atoms with E-state index in [1.807, 2.05) is 0 Å². The van der Waals surface area contributed by atoms with Crippen LogP contribution in [-0.4, -0.2) is 103 Å². The van der Waals surface area contributed by atoms with Gasteiger partial charge in [-0.2, -0.15) is 0 Å². The number of nitrogens with zero attached hydrogens (tertiary/aromatic N) is 1. The minimum absolute atomic E-state index is 0.155. The highest BCUT2D eigenvalue weighted by Crippen LogP contribution is 2.15. The summed E-state index contributed by atoms with van der Waals surface area (Å²) in [6, 6.07) is 0.487. The summed E-state index contributed by atoms with van der Waals surface area (Å²) in [7, 11) is 0. The third kappa shape index (κ3) is 14.3. The quantitative estimate of drug-likeness (QED) is 0.122. The molecule has 0 fully saturated rings. The van der Waals surface area contributed by atoms with Crippen LogP contribution in [0.1, 0.15) is 44.9 Å². The van der Waals surface area contributed by atoms with Crippen molar-refractivity contribution in [3.05, 3.63) is 0 Å². The lowest BCUT2D eigenvalue weighted by atomic mass is 9.97. The predicted octanol–water partition coefficient (Wildman–Crippen LogP) is -1.14. The molecule has 164 valence electrons. The summed E-state index contributed by atoms with van der Waals surface area (Å²) in [5, 5.41) is 43.4. The number of aliphatic hydroxyl groups excluding tert-OH is 4. The van der Waals surface area contributed by atoms with E-state index in [0.29, 0.717) is 25.8 Å². The zero-order valence-corrected chi connectivity index (χ0v) is 17.0. The van der Waals surface area contributed by atoms with Gasteiger partial charge in [-0.25, -0.2) is 0 Å². The van der Waals surface area contributed by atoms with Crippen LogP contribution >= 0.6 is 0 Å². The standard InChI is InChI=1S/C19H44N4O4/c20-8-7-19(23(12-4-16-26)13-5-17-27)18(22-11-3-15-25)6-1-9-21-10-2-14-24/h18-19,21-22,24-27H,1-17,20H2. The molecule has 0 spiro atoms. The normalized spacial score (nSPS) is 14.0. The van der Waals surface area contributed by atoms with Crippen LogP contribution in [0.4, 0.5) is 0 Å². The van der Waals surface area contributed by atoms with Gasteiger partial charge >= 0.3 is 0 Å². The van der Waals surface area contributed by atoms with E-state index in [1.165, 1.54) is 0 Å². The summed E-state index contributed by atoms with van der Waals surface area (Å²) in [6.07, 6.45) is 5.74. The summed E-state index contributed by atoms with van der Waals surface area (Å²) in [5.41, 5.74) is 5.90. The number of rotatable bonds is 21. The predicted molar refractivity (Wildman–Crippen MR) is 110 cm³/mol. The second-order valence-corrected chi connectivity index (χ2v) is 6.94. The van der Waals surface area contributed by atoms with Gasteiger partial charge in [0.25, 0.3) is 0 Å². The smallest absolute Gasteiger partial charge is 0.0443 e. The van der Waals surface area contributed by atoms with Crippen LogP contribution in [-0.2, 0) is 0 Å². The molecule has 2 atom stereocenters. The molecule has 0 amide bonds. The van der Waals surface area contributed by atoms with Crippen LogP contribution in [0.5, 0.6) is 0 Å². The fourth-order valence-corrected chi connectivity index (χ4v) is 3.37. The van der Waals surface area contributed by atoms with Crippen molar-refractivity contribution in [3.8, 4) is 0 Å². The van der Waals surface area contributed by atoms with Crippen LogP contribution < -0.4 is 16.4 Å². The van der Waals surface area contributed by atoms with Crippen molar-refractivity contribution in [3.63, 3.8) is 0 Å². The van der Waals surface area contributed by atoms with E-state index in [-0.39, 0.29) is 38.5 Å². The molecule has 0 heterocycles. The van der Waals surface area contributed by atoms with E-state index in [1.54, 1.807) is 0 Å². The van der Waals surface area contributed by atoms with Crippen LogP contribution in [0.2, 0.25) is 0 Å². The first-order chi connectivity index (χ1) is 13.2. The molecule has 0 rings (SSSR count). The summed E-state index contributed by atoms with van der Waals surface area (Å²) >= 11 is 0. The van der Waals surface area contributed by atoms with Gasteiger partial charge in [-0.15, -0.1) is 0 Å². The van der Waals surface area contributed by atoms with Gasteiger partial charge < -0.3 is 36.8 Å². The molecule has 0 aromatic rings. The van der Waals surface area contributed by atoms with Gasteiger partial charge in [-0.3, -0.25) is 4.90 Å². The van der Waals surface area contributed by atoms with Gasteiger partial charge in [0, 0.05) is 51.6 Å². The Morgan fingerprint density at radius 2 is 1.26 bits per heavy atom. The van der Waals surface area contributed by atoms with Gasteiger partial charge in [-0.1, -0.05) is 0 Å². The largest absolute Gasteiger partial charge is 0.396 e. The van der Waals surface area contributed by atoms with E-state index in [4.69, 9.17) is 15.9 Å². The Bertz CT molecular complexity index is 293. The van der Waals surface area contributed by atoms with Crippen LogP contribution in [0.15, 0.2) is 0 Å². The second-order valence-electron chi connectivity index (χ2n) is 6.94. The summed E-state index contributed by atoms with van der Waals surface area (Å²) in [6.45, 7) is 5.34. The Morgan fingerprint density at radius 1 is 0.704 bits per heavy atom. The number of nitrogens with one attached hydrogen (secondary N) is 2. The highest BCUT2D eigenvalue weighted by Gasteiger charge is 2.26. The van der Waals surface area contributed by atoms with Crippen molar-refractivity contribution in [1.82, 2.24) is 15.5 Å². The summed E-state index contributed by atoms with van der Waals surface area (Å²) < 4.78 is 0. The molecule has 27 heavy (non-hydrogen) atoms. The average molecular weight is 393 g/mol. The van der Waals surface area contributed by atoms with Crippen molar-refractivity contribution < 1.29 is 20.4 Å². The van der Waals surface area contributed by atoms with Crippen molar-refractivity contribution in [1.29, 1.82) is 0 Å². The molecule has 0 radical (unpaired) electrons. The zero-order valence-electron chi connectivity index (χ0n) is 17.0. The third-order valence-corrected chi connectivity index (χ3v) is 4.72. The minimum atomic E-state index is 0.155. The summed E-state index contributed by atoms with van der Waals surface area (Å²) in [4.78, 5) is 2.34. The average Bonchev–Trinajstić information content (AvgIpc) is 2.68. The van der Waals surface area contributed by atoms with Gasteiger partial charge in [0.15, 0.2) is 0 Å². The molecule has 2 unspecified atom stereocenters. The van der Waals surface area contributed by atoms with E-state index in [9.17, 15) is 10.2 Å². The minimum Gasteiger partial charge on any atom is -0.396 e. The maximum Gasteiger partial charge on any atom is 0.0443 e. The fraction of sp³-hybridized carbons (Fsp3) is 1.00. The molecule has 8 N–H and O–H groups in total. The van der Waals surface area contributed by atoms with Crippen LogP contribution in [0.25, 0.3) is 0 Å². The molecule has 0 bridgehead atoms. The molecular formula is C19H44N4O4. The second kappa shape index (κ2) is 20.4. The van der Waals surface area contributed by atoms with Gasteiger partial charge in [0.05, 0.1) is 0 Å². The van der Waals surface area contributed by atoms with Crippen molar-refractivity contribution in [2.24, 2.45) is 5.73 Å². The highest BCUT2D eigenvalue weighted by molar-refractivity contribution is 4.85. The van der Waals surface area contributed by atoms with Gasteiger partial charge in [0.2, 0.25) is 0 Å². The molecule has 0 saturated heterocycles. The zero-order chi connectivity index (χ0) is 20.2. The van der Waals surface area contributed by atoms with Gasteiger partial charge in [0.1, 0.15) is 0 Å². The maximum atomic E-state index is 9.24. The Hall–Kier alpha value is -0.320. The lowest BCUT2D eigenvalue weighted by molar-refractivity contribution is 0.120. The van der Waals surface area contributed by atoms with Crippen LogP contribution in [0, 0.1) is 0 Å². The van der Waals surface area contributed by atoms with E-state index >= 15 is 0 Å². The molecule has 0 aromatic carbocycles. The Labute approximate surface area is 165 Å². The Kier molecular flexibility index (Phi) is 20.2. The maximum absolute atomic E-state index is 9.24. The number of aliphatic hydroxyl groups is 4. The first kappa shape index (κ1) is 26.7. The summed E-state index contributed by atoms with van der Waals surface area (Å²) in [5.74, 6) is 0. The molecule has 0 aromatic heterocycles. The monoisotopic (exact) mass is 392 g/mol. The molecule has 0 aliphatic heterocycles. The van der Waals surface area contributed by atoms with Gasteiger partial charge in [-0.05, 0) is 71.1 Å². The van der Waals surface area contributed by atoms with E-state index in [0.717, 1.165) is 58.4 Å². The van der Waals surface area contributed by atoms with Crippen LogP contribution in [0.3, 0.4) is 0 Å². The number of hydrogen-bond acceptors (Lipinski definition) is 8. The topological polar surface area (TPSA) is 134 Å². The Morgan fingerprint density at radius 3 is 1.81 bits per heavy atom. The molecule has 0 aliphatic carbocycles.